The Morgan fingerprint density at radius 1 is 0.944 bits per heavy atom. The second-order valence-electron chi connectivity index (χ2n) is 4.71. The lowest BCUT2D eigenvalue weighted by molar-refractivity contribution is 0.554. The average Bonchev–Trinajstić information content (AvgIpc) is 2.34. The van der Waals surface area contributed by atoms with Crippen molar-refractivity contribution in [3.8, 4) is 0 Å². The number of nitrogens with two attached hydrogens (primary N) is 1. The summed E-state index contributed by atoms with van der Waals surface area (Å²) in [7, 11) is 0. The molecule has 1 nitrogen and oxygen atoms in total. The molecule has 0 aromatic heterocycles. The highest BCUT2D eigenvalue weighted by Crippen LogP contribution is 2.04. The Labute approximate surface area is 112 Å². The summed E-state index contributed by atoms with van der Waals surface area (Å²) in [5.74, 6) is -0.153. The van der Waals surface area contributed by atoms with Crippen LogP contribution in [0.1, 0.15) is 58.4 Å². The van der Waals surface area contributed by atoms with Crippen LogP contribution in [0.4, 0.5) is 4.39 Å². The first-order valence-corrected chi connectivity index (χ1v) is 7.14. The van der Waals surface area contributed by atoms with Gasteiger partial charge in [0.2, 0.25) is 0 Å². The Morgan fingerprint density at radius 3 is 1.83 bits per heavy atom. The summed E-state index contributed by atoms with van der Waals surface area (Å²) >= 11 is 0. The zero-order valence-electron chi connectivity index (χ0n) is 12.1. The second kappa shape index (κ2) is 11.2. The summed E-state index contributed by atoms with van der Waals surface area (Å²) in [4.78, 5) is 0. The van der Waals surface area contributed by atoms with Crippen LogP contribution in [0.25, 0.3) is 0 Å². The van der Waals surface area contributed by atoms with Crippen LogP contribution < -0.4 is 5.73 Å². The monoisotopic (exact) mass is 253 g/mol. The molecule has 2 N–H and O–H groups in total. The topological polar surface area (TPSA) is 26.0 Å². The Bertz CT molecular complexity index is 276. The maximum Gasteiger partial charge on any atom is 0.123 e. The minimum Gasteiger partial charge on any atom is -0.328 e. The molecule has 0 aliphatic rings. The molecule has 0 bridgehead atoms. The van der Waals surface area contributed by atoms with Crippen molar-refractivity contribution in [1.29, 1.82) is 0 Å². The van der Waals surface area contributed by atoms with Gasteiger partial charge in [-0.3, -0.25) is 0 Å². The minimum atomic E-state index is -0.153. The zero-order chi connectivity index (χ0) is 13.8. The van der Waals surface area contributed by atoms with Crippen LogP contribution in [-0.4, -0.2) is 6.04 Å². The van der Waals surface area contributed by atoms with Crippen molar-refractivity contribution in [3.05, 3.63) is 35.6 Å². The highest BCUT2D eigenvalue weighted by Gasteiger charge is 1.96. The zero-order valence-corrected chi connectivity index (χ0v) is 12.1. The smallest absolute Gasteiger partial charge is 0.123 e. The maximum absolute atomic E-state index is 12.3. The standard InChI is InChI=1S/C9H11F.C7H17N/c1-2-3-8-4-6-9(10)7-5-8;1-3-5-7(8)6-4-2/h4-7H,2-3H2,1H3;7H,3-6,8H2,1-2H3. The largest absolute Gasteiger partial charge is 0.328 e. The van der Waals surface area contributed by atoms with Crippen molar-refractivity contribution in [2.45, 2.75) is 65.3 Å². The van der Waals surface area contributed by atoms with E-state index >= 15 is 0 Å². The summed E-state index contributed by atoms with van der Waals surface area (Å²) < 4.78 is 12.3. The molecular weight excluding hydrogens is 225 g/mol. The molecule has 1 rings (SSSR count). The highest BCUT2D eigenvalue weighted by atomic mass is 19.1. The second-order valence-corrected chi connectivity index (χ2v) is 4.71. The molecule has 0 saturated heterocycles. The van der Waals surface area contributed by atoms with E-state index < -0.39 is 0 Å². The van der Waals surface area contributed by atoms with Crippen molar-refractivity contribution in [2.75, 3.05) is 0 Å². The van der Waals surface area contributed by atoms with Gasteiger partial charge in [0.15, 0.2) is 0 Å². The van der Waals surface area contributed by atoms with Crippen LogP contribution in [0.3, 0.4) is 0 Å². The lowest BCUT2D eigenvalue weighted by atomic mass is 10.1. The molecule has 0 unspecified atom stereocenters. The van der Waals surface area contributed by atoms with E-state index in [1.54, 1.807) is 0 Å². The number of halogens is 1. The predicted octanol–water partition coefficient (Wildman–Crippen LogP) is 4.69. The first kappa shape index (κ1) is 17.1. The Morgan fingerprint density at radius 2 is 1.44 bits per heavy atom. The van der Waals surface area contributed by atoms with Gasteiger partial charge in [0.25, 0.3) is 0 Å². The molecule has 2 heteroatoms. The molecule has 1 aromatic rings. The van der Waals surface area contributed by atoms with Gasteiger partial charge in [-0.1, -0.05) is 52.2 Å². The van der Waals surface area contributed by atoms with Gasteiger partial charge in [-0.2, -0.15) is 0 Å². The van der Waals surface area contributed by atoms with Gasteiger partial charge < -0.3 is 5.73 Å². The number of hydrogen-bond acceptors (Lipinski definition) is 1. The van der Waals surface area contributed by atoms with Gasteiger partial charge in [0, 0.05) is 6.04 Å². The summed E-state index contributed by atoms with van der Waals surface area (Å²) in [6.45, 7) is 6.47. The predicted molar refractivity (Wildman–Crippen MR) is 78.2 cm³/mol. The molecule has 0 radical (unpaired) electrons. The first-order chi connectivity index (χ1) is 8.63. The number of benzene rings is 1. The van der Waals surface area contributed by atoms with Gasteiger partial charge in [0.05, 0.1) is 0 Å². The number of rotatable bonds is 6. The van der Waals surface area contributed by atoms with E-state index in [0.29, 0.717) is 6.04 Å². The van der Waals surface area contributed by atoms with E-state index in [-0.39, 0.29) is 5.82 Å². The SMILES string of the molecule is CCCC(N)CCC.CCCc1ccc(F)cc1. The van der Waals surface area contributed by atoms with Crippen molar-refractivity contribution in [2.24, 2.45) is 5.73 Å². The molecular formula is C16H28FN. The molecule has 0 atom stereocenters. The van der Waals surface area contributed by atoms with Crippen LogP contribution in [0.2, 0.25) is 0 Å². The molecule has 18 heavy (non-hydrogen) atoms. The number of aryl methyl sites for hydroxylation is 1. The molecule has 1 aromatic carbocycles. The molecule has 0 amide bonds. The molecule has 0 aliphatic carbocycles. The van der Waals surface area contributed by atoms with E-state index in [2.05, 4.69) is 20.8 Å². The van der Waals surface area contributed by atoms with Gasteiger partial charge >= 0.3 is 0 Å². The fraction of sp³-hybridized carbons (Fsp3) is 0.625. The van der Waals surface area contributed by atoms with Crippen LogP contribution in [-0.2, 0) is 6.42 Å². The van der Waals surface area contributed by atoms with E-state index in [1.807, 2.05) is 12.1 Å². The fourth-order valence-corrected chi connectivity index (χ4v) is 1.83. The summed E-state index contributed by atoms with van der Waals surface area (Å²) in [5, 5.41) is 0. The molecule has 0 saturated carbocycles. The lowest BCUT2D eigenvalue weighted by Crippen LogP contribution is -2.18. The minimum absolute atomic E-state index is 0.153. The third-order valence-electron chi connectivity index (χ3n) is 2.77. The van der Waals surface area contributed by atoms with Crippen molar-refractivity contribution in [3.63, 3.8) is 0 Å². The van der Waals surface area contributed by atoms with E-state index in [0.717, 1.165) is 12.8 Å². The van der Waals surface area contributed by atoms with Crippen molar-refractivity contribution >= 4 is 0 Å². The highest BCUT2D eigenvalue weighted by molar-refractivity contribution is 5.15. The van der Waals surface area contributed by atoms with Gasteiger partial charge in [-0.25, -0.2) is 4.39 Å². The third-order valence-corrected chi connectivity index (χ3v) is 2.77. The fourth-order valence-electron chi connectivity index (χ4n) is 1.83. The van der Waals surface area contributed by atoms with Gasteiger partial charge in [-0.15, -0.1) is 0 Å². The Balaban J connectivity index is 0.000000331. The van der Waals surface area contributed by atoms with Crippen LogP contribution >= 0.6 is 0 Å². The molecule has 0 spiro atoms. The Hall–Kier alpha value is -0.890. The molecule has 0 fully saturated rings. The normalized spacial score (nSPS) is 10.1. The number of hydrogen-bond donors (Lipinski definition) is 1. The Kier molecular flexibility index (Phi) is 10.7. The molecule has 104 valence electrons. The van der Waals surface area contributed by atoms with Gasteiger partial charge in [0.1, 0.15) is 5.82 Å². The van der Waals surface area contributed by atoms with E-state index in [1.165, 1.54) is 43.4 Å². The lowest BCUT2D eigenvalue weighted by Gasteiger charge is -2.05. The maximum atomic E-state index is 12.3. The van der Waals surface area contributed by atoms with E-state index in [4.69, 9.17) is 5.73 Å². The average molecular weight is 253 g/mol. The quantitative estimate of drug-likeness (QED) is 0.782. The summed E-state index contributed by atoms with van der Waals surface area (Å²) in [6, 6.07) is 7.14. The summed E-state index contributed by atoms with van der Waals surface area (Å²) in [6.07, 6.45) is 6.98. The summed E-state index contributed by atoms with van der Waals surface area (Å²) in [5.41, 5.74) is 6.91. The van der Waals surface area contributed by atoms with Crippen LogP contribution in [0.15, 0.2) is 24.3 Å². The van der Waals surface area contributed by atoms with Gasteiger partial charge in [-0.05, 0) is 37.0 Å². The third kappa shape index (κ3) is 9.17. The molecule has 0 aliphatic heterocycles. The van der Waals surface area contributed by atoms with Crippen molar-refractivity contribution < 1.29 is 4.39 Å². The molecule has 0 heterocycles. The van der Waals surface area contributed by atoms with Crippen LogP contribution in [0, 0.1) is 5.82 Å². The first-order valence-electron chi connectivity index (χ1n) is 7.14. The van der Waals surface area contributed by atoms with Crippen molar-refractivity contribution in [1.82, 2.24) is 0 Å². The van der Waals surface area contributed by atoms with Crippen LogP contribution in [0.5, 0.6) is 0 Å². The van der Waals surface area contributed by atoms with E-state index in [9.17, 15) is 4.39 Å².